The molecular formula is C59H92O27. The van der Waals surface area contributed by atoms with Gasteiger partial charge in [0.15, 0.2) is 31.3 Å². The Morgan fingerprint density at radius 3 is 1.88 bits per heavy atom. The molecule has 30 atom stereocenters. The number of carboxylic acid groups (broad SMARTS) is 1. The quantitative estimate of drug-likeness (QED) is 0.0357. The molecule has 0 aromatic heterocycles. The van der Waals surface area contributed by atoms with E-state index >= 15 is 0 Å². The third-order valence-corrected chi connectivity index (χ3v) is 22.4. The Morgan fingerprint density at radius 1 is 0.640 bits per heavy atom. The molecule has 5 aliphatic carbocycles. The van der Waals surface area contributed by atoms with E-state index in [-0.39, 0.29) is 24.7 Å². The van der Waals surface area contributed by atoms with Gasteiger partial charge in [0, 0.05) is 23.3 Å². The Balaban J connectivity index is 1.05. The van der Waals surface area contributed by atoms with Crippen LogP contribution in [0.5, 0.6) is 0 Å². The molecule has 4 saturated carbocycles. The van der Waals surface area contributed by atoms with Gasteiger partial charge in [0.1, 0.15) is 91.6 Å². The maximum atomic E-state index is 13.5. The minimum atomic E-state index is -2.26. The number of rotatable bonds is 15. The second kappa shape index (κ2) is 24.9. The van der Waals surface area contributed by atoms with Gasteiger partial charge in [-0.05, 0) is 92.8 Å². The molecule has 8 fully saturated rings. The Labute approximate surface area is 498 Å². The zero-order chi connectivity index (χ0) is 63.3. The van der Waals surface area contributed by atoms with Crippen LogP contribution in [0, 0.1) is 50.2 Å². The van der Waals surface area contributed by atoms with Crippen molar-refractivity contribution in [3.8, 4) is 0 Å². The number of hydrogen-bond donors (Lipinski definition) is 14. The molecule has 4 aliphatic heterocycles. The molecule has 27 nitrogen and oxygen atoms in total. The van der Waals surface area contributed by atoms with Crippen molar-refractivity contribution in [3.05, 3.63) is 23.3 Å². The number of carbonyl (C=O) groups excluding carboxylic acids is 2. The first-order valence-electron chi connectivity index (χ1n) is 30.0. The van der Waals surface area contributed by atoms with Crippen LogP contribution in [0.25, 0.3) is 0 Å². The van der Waals surface area contributed by atoms with Gasteiger partial charge >= 0.3 is 17.9 Å². The highest BCUT2D eigenvalue weighted by Crippen LogP contribution is 2.76. The first-order chi connectivity index (χ1) is 40.3. The summed E-state index contributed by atoms with van der Waals surface area (Å²) in [5, 5.41) is 156. The van der Waals surface area contributed by atoms with Crippen molar-refractivity contribution in [2.24, 2.45) is 50.2 Å². The van der Waals surface area contributed by atoms with Crippen molar-refractivity contribution < 1.29 is 133 Å². The normalized spacial score (nSPS) is 51.2. The van der Waals surface area contributed by atoms with Crippen molar-refractivity contribution in [1.29, 1.82) is 0 Å². The molecule has 9 aliphatic rings. The SMILES string of the molecule is C/C=C(/C)C(=O)O[C@H]1[C@H](OC(C)=O)[C@@]2(CO)C(CC1(C)C)C1=CCC3[C@@]4(C)CC[C@H](O[C@@H]5O[C@H](C(=O)O)[C@@H](O)[C@H](O[C@@H]6OC[C@H](O)[C@H](O)[C@H]6O[C@@H]6OC[C@@H](O)[C@H](O)[C@H]6O)[C@H]5O[C@H]5O[C@H](CO)[C@H](O)[C@H](O)[C@H]5O)[C@@](C)(CO)C4CC[C@@]3(C)[C@]1(C)C[C@H]2O. The molecule has 0 radical (unpaired) electrons. The lowest BCUT2D eigenvalue weighted by molar-refractivity contribution is -0.400. The van der Waals surface area contributed by atoms with Gasteiger partial charge in [0.25, 0.3) is 0 Å². The number of carbonyl (C=O) groups is 3. The maximum Gasteiger partial charge on any atom is 0.335 e. The number of fused-ring (bicyclic) bond motifs is 7. The minimum absolute atomic E-state index is 0.118. The van der Waals surface area contributed by atoms with Crippen LogP contribution in [0.15, 0.2) is 23.3 Å². The highest BCUT2D eigenvalue weighted by Gasteiger charge is 2.74. The van der Waals surface area contributed by atoms with Gasteiger partial charge in [0.2, 0.25) is 0 Å². The monoisotopic (exact) mass is 1230 g/mol. The van der Waals surface area contributed by atoms with E-state index in [1.165, 1.54) is 6.92 Å². The predicted octanol–water partition coefficient (Wildman–Crippen LogP) is -2.22. The van der Waals surface area contributed by atoms with Crippen LogP contribution < -0.4 is 0 Å². The summed E-state index contributed by atoms with van der Waals surface area (Å²) in [5.41, 5.74) is -4.00. The van der Waals surface area contributed by atoms with Gasteiger partial charge < -0.3 is 119 Å². The Kier molecular flexibility index (Phi) is 19.5. The van der Waals surface area contributed by atoms with E-state index in [9.17, 15) is 85.9 Å². The predicted molar refractivity (Wildman–Crippen MR) is 290 cm³/mol. The lowest BCUT2D eigenvalue weighted by atomic mass is 9.33. The summed E-state index contributed by atoms with van der Waals surface area (Å²) in [6, 6.07) is 0. The molecule has 9 rings (SSSR count). The molecule has 27 heteroatoms. The van der Waals surface area contributed by atoms with Gasteiger partial charge in [-0.1, -0.05) is 59.3 Å². The lowest BCUT2D eigenvalue weighted by Crippen LogP contribution is -2.72. The third-order valence-electron chi connectivity index (χ3n) is 22.4. The number of aliphatic carboxylic acids is 1. The molecule has 4 heterocycles. The van der Waals surface area contributed by atoms with Gasteiger partial charge in [0.05, 0.1) is 50.7 Å². The van der Waals surface area contributed by atoms with E-state index in [0.29, 0.717) is 37.7 Å². The van der Waals surface area contributed by atoms with Crippen LogP contribution >= 0.6 is 0 Å². The molecule has 0 bridgehead atoms. The molecular weight excluding hydrogens is 1140 g/mol. The number of aliphatic hydroxyl groups excluding tert-OH is 13. The number of allylic oxidation sites excluding steroid dienone is 3. The van der Waals surface area contributed by atoms with Crippen LogP contribution in [-0.4, -0.2) is 257 Å². The van der Waals surface area contributed by atoms with Crippen LogP contribution in [0.4, 0.5) is 0 Å². The molecule has 4 saturated heterocycles. The summed E-state index contributed by atoms with van der Waals surface area (Å²) in [6.07, 6.45) is -32.4. The fourth-order valence-electron chi connectivity index (χ4n) is 17.1. The van der Waals surface area contributed by atoms with Crippen molar-refractivity contribution in [2.45, 2.75) is 242 Å². The van der Waals surface area contributed by atoms with Gasteiger partial charge in [-0.3, -0.25) is 4.79 Å². The Morgan fingerprint density at radius 2 is 1.27 bits per heavy atom. The van der Waals surface area contributed by atoms with E-state index < -0.39 is 224 Å². The molecule has 0 aromatic rings. The lowest BCUT2D eigenvalue weighted by Gasteiger charge is -2.72. The van der Waals surface area contributed by atoms with Crippen molar-refractivity contribution in [1.82, 2.24) is 0 Å². The highest BCUT2D eigenvalue weighted by molar-refractivity contribution is 5.87. The van der Waals surface area contributed by atoms with E-state index in [2.05, 4.69) is 26.8 Å². The number of ether oxygens (including phenoxy) is 10. The second-order valence-electron chi connectivity index (χ2n) is 27.4. The average molecular weight is 1230 g/mol. The highest BCUT2D eigenvalue weighted by atomic mass is 16.8. The average Bonchev–Trinajstić information content (AvgIpc) is 0.674. The van der Waals surface area contributed by atoms with Gasteiger partial charge in [-0.15, -0.1) is 0 Å². The second-order valence-corrected chi connectivity index (χ2v) is 27.4. The molecule has 0 spiro atoms. The summed E-state index contributed by atoms with van der Waals surface area (Å²) in [4.78, 5) is 39.7. The first kappa shape index (κ1) is 67.4. The number of hydrogen-bond acceptors (Lipinski definition) is 26. The molecule has 0 amide bonds. The molecule has 3 unspecified atom stereocenters. The maximum absolute atomic E-state index is 13.5. The summed E-state index contributed by atoms with van der Waals surface area (Å²) in [6.45, 7) is 13.6. The first-order valence-corrected chi connectivity index (χ1v) is 30.0. The largest absolute Gasteiger partial charge is 0.479 e. The van der Waals surface area contributed by atoms with E-state index in [4.69, 9.17) is 47.4 Å². The Hall–Kier alpha value is -2.95. The van der Waals surface area contributed by atoms with Crippen molar-refractivity contribution in [2.75, 3.05) is 33.0 Å². The van der Waals surface area contributed by atoms with Gasteiger partial charge in [-0.2, -0.15) is 0 Å². The third kappa shape index (κ3) is 11.0. The molecule has 86 heavy (non-hydrogen) atoms. The van der Waals surface area contributed by atoms with Crippen LogP contribution in [-0.2, 0) is 61.8 Å². The van der Waals surface area contributed by atoms with E-state index in [0.717, 1.165) is 5.57 Å². The van der Waals surface area contributed by atoms with Crippen LogP contribution in [0.2, 0.25) is 0 Å². The minimum Gasteiger partial charge on any atom is -0.479 e. The number of aliphatic hydroxyl groups is 13. The number of esters is 2. The zero-order valence-electron chi connectivity index (χ0n) is 50.1. The summed E-state index contributed by atoms with van der Waals surface area (Å²) >= 11 is 0. The number of carboxylic acids is 1. The van der Waals surface area contributed by atoms with E-state index in [1.807, 2.05) is 20.8 Å². The standard InChI is InChI=1S/C59H92O27/c1-10-24(2)49(76)86-46-47(79-25(3)63)59(23-62)27(17-54(46,4)5)26-11-12-32-55(6)15-14-34(56(7,22-61)31(55)13-16-57(32,8)58(26,9)18-33(59)66)81-53-45(85-51-40(72)38(70)37(69)30(19-60)80-51)42(41(73)43(83-53)48(74)75)82-52-44(36(68)29(65)21-78-52)84-50-39(71)35(67)28(64)20-77-50/h10-11,27-47,50-53,60-62,64-73H,12-23H2,1-9H3,(H,74,75)/b24-10-/t27?,28-,29+,30-,31?,32?,33-,34+,35+,36+,37+,38+,39-,40-,41+,42+,43+,44-,45-,46+,47+,50+,51-,52+,53-,55+,56+,57-,58-,59+/m1/s1. The summed E-state index contributed by atoms with van der Waals surface area (Å²) < 4.78 is 60.7. The zero-order valence-corrected chi connectivity index (χ0v) is 50.1. The van der Waals surface area contributed by atoms with Gasteiger partial charge in [-0.25, -0.2) is 9.59 Å². The fraction of sp³-hybridized carbons (Fsp3) is 0.881. The van der Waals surface area contributed by atoms with Crippen molar-refractivity contribution in [3.63, 3.8) is 0 Å². The fourth-order valence-corrected chi connectivity index (χ4v) is 17.1. The van der Waals surface area contributed by atoms with Crippen molar-refractivity contribution >= 4 is 17.9 Å². The molecule has 490 valence electrons. The van der Waals surface area contributed by atoms with Crippen LogP contribution in [0.1, 0.15) is 107 Å². The molecule has 14 N–H and O–H groups in total. The Bertz CT molecular complexity index is 2510. The summed E-state index contributed by atoms with van der Waals surface area (Å²) in [5.74, 6) is -4.02. The summed E-state index contributed by atoms with van der Waals surface area (Å²) in [7, 11) is 0. The van der Waals surface area contributed by atoms with Crippen LogP contribution in [0.3, 0.4) is 0 Å². The van der Waals surface area contributed by atoms with E-state index in [1.54, 1.807) is 19.9 Å². The topological polar surface area (TPSA) is 427 Å². The smallest absolute Gasteiger partial charge is 0.335 e. The molecule has 0 aromatic carbocycles.